The highest BCUT2D eigenvalue weighted by atomic mass is 16.5. The van der Waals surface area contributed by atoms with Crippen molar-refractivity contribution in [2.24, 2.45) is 0 Å². The molecule has 23 heavy (non-hydrogen) atoms. The second-order valence-electron chi connectivity index (χ2n) is 4.95. The van der Waals surface area contributed by atoms with E-state index in [0.717, 1.165) is 11.3 Å². The van der Waals surface area contributed by atoms with Crippen LogP contribution in [-0.4, -0.2) is 50.3 Å². The van der Waals surface area contributed by atoms with Gasteiger partial charge < -0.3 is 23.4 Å². The summed E-state index contributed by atoms with van der Waals surface area (Å²) in [7, 11) is 3.27. The van der Waals surface area contributed by atoms with Gasteiger partial charge in [-0.15, -0.1) is 10.2 Å². The SMILES string of the molecule is COCCOCc1nnc(-c2ccc(O[C@H](C)COC)cc2)o1. The van der Waals surface area contributed by atoms with Crippen LogP contribution in [0.3, 0.4) is 0 Å². The Morgan fingerprint density at radius 1 is 1.04 bits per heavy atom. The number of rotatable bonds is 10. The Kier molecular flexibility index (Phi) is 6.99. The van der Waals surface area contributed by atoms with Crippen molar-refractivity contribution in [1.29, 1.82) is 0 Å². The molecule has 2 rings (SSSR count). The molecule has 1 atom stereocenters. The van der Waals surface area contributed by atoms with Gasteiger partial charge in [-0.2, -0.15) is 0 Å². The predicted octanol–water partition coefficient (Wildman–Crippen LogP) is 2.31. The highest BCUT2D eigenvalue weighted by Gasteiger charge is 2.09. The molecule has 1 heterocycles. The van der Waals surface area contributed by atoms with Crippen molar-refractivity contribution in [3.05, 3.63) is 30.2 Å². The van der Waals surface area contributed by atoms with Crippen molar-refractivity contribution in [2.45, 2.75) is 19.6 Å². The summed E-state index contributed by atoms with van der Waals surface area (Å²) in [5.74, 6) is 1.65. The molecule has 1 aromatic heterocycles. The Morgan fingerprint density at radius 3 is 2.52 bits per heavy atom. The van der Waals surface area contributed by atoms with Crippen molar-refractivity contribution in [3.8, 4) is 17.2 Å². The van der Waals surface area contributed by atoms with Gasteiger partial charge in [0.1, 0.15) is 18.5 Å². The lowest BCUT2D eigenvalue weighted by Crippen LogP contribution is -2.17. The first-order chi connectivity index (χ1) is 11.2. The van der Waals surface area contributed by atoms with E-state index in [1.807, 2.05) is 31.2 Å². The summed E-state index contributed by atoms with van der Waals surface area (Å²) >= 11 is 0. The molecule has 0 N–H and O–H groups in total. The van der Waals surface area contributed by atoms with Gasteiger partial charge >= 0.3 is 0 Å². The van der Waals surface area contributed by atoms with Gasteiger partial charge in [-0.25, -0.2) is 0 Å². The summed E-state index contributed by atoms with van der Waals surface area (Å²) < 4.78 is 26.5. The van der Waals surface area contributed by atoms with E-state index in [9.17, 15) is 0 Å². The van der Waals surface area contributed by atoms with Gasteiger partial charge in [0.2, 0.25) is 11.8 Å². The monoisotopic (exact) mass is 322 g/mol. The van der Waals surface area contributed by atoms with E-state index in [2.05, 4.69) is 10.2 Å². The van der Waals surface area contributed by atoms with Gasteiger partial charge in [0.05, 0.1) is 19.8 Å². The zero-order valence-electron chi connectivity index (χ0n) is 13.7. The van der Waals surface area contributed by atoms with E-state index in [0.29, 0.717) is 31.6 Å². The third kappa shape index (κ3) is 5.63. The highest BCUT2D eigenvalue weighted by Crippen LogP contribution is 2.22. The molecule has 0 bridgehead atoms. The zero-order valence-corrected chi connectivity index (χ0v) is 13.7. The lowest BCUT2D eigenvalue weighted by atomic mass is 10.2. The highest BCUT2D eigenvalue weighted by molar-refractivity contribution is 5.53. The Bertz CT molecular complexity index is 570. The average Bonchev–Trinajstić information content (AvgIpc) is 3.01. The maximum Gasteiger partial charge on any atom is 0.247 e. The molecule has 7 nitrogen and oxygen atoms in total. The second-order valence-corrected chi connectivity index (χ2v) is 4.95. The summed E-state index contributed by atoms with van der Waals surface area (Å²) in [5, 5.41) is 7.97. The van der Waals surface area contributed by atoms with E-state index < -0.39 is 0 Å². The molecule has 0 spiro atoms. The van der Waals surface area contributed by atoms with Crippen LogP contribution in [0, 0.1) is 0 Å². The van der Waals surface area contributed by atoms with Gasteiger partial charge in [0, 0.05) is 19.8 Å². The van der Waals surface area contributed by atoms with Gasteiger partial charge in [-0.1, -0.05) is 0 Å². The largest absolute Gasteiger partial charge is 0.488 e. The Labute approximate surface area is 135 Å². The summed E-state index contributed by atoms with van der Waals surface area (Å²) in [6.45, 7) is 3.78. The third-order valence-corrected chi connectivity index (χ3v) is 2.96. The van der Waals surface area contributed by atoms with E-state index in [1.54, 1.807) is 14.2 Å². The Balaban J connectivity index is 1.90. The smallest absolute Gasteiger partial charge is 0.247 e. The van der Waals surface area contributed by atoms with Crippen molar-refractivity contribution >= 4 is 0 Å². The van der Waals surface area contributed by atoms with Crippen LogP contribution in [0.4, 0.5) is 0 Å². The first-order valence-corrected chi connectivity index (χ1v) is 7.38. The van der Waals surface area contributed by atoms with Crippen molar-refractivity contribution in [3.63, 3.8) is 0 Å². The zero-order chi connectivity index (χ0) is 16.5. The van der Waals surface area contributed by atoms with Crippen LogP contribution in [0.25, 0.3) is 11.5 Å². The summed E-state index contributed by atoms with van der Waals surface area (Å²) in [4.78, 5) is 0. The molecule has 7 heteroatoms. The molecule has 2 aromatic rings. The van der Waals surface area contributed by atoms with Crippen LogP contribution in [0.2, 0.25) is 0 Å². The minimum atomic E-state index is -0.00916. The van der Waals surface area contributed by atoms with Crippen LogP contribution >= 0.6 is 0 Å². The van der Waals surface area contributed by atoms with Crippen LogP contribution < -0.4 is 4.74 Å². The van der Waals surface area contributed by atoms with Gasteiger partial charge in [-0.3, -0.25) is 0 Å². The summed E-state index contributed by atoms with van der Waals surface area (Å²) in [6, 6.07) is 7.47. The van der Waals surface area contributed by atoms with Gasteiger partial charge in [0.25, 0.3) is 0 Å². The fraction of sp³-hybridized carbons (Fsp3) is 0.500. The average molecular weight is 322 g/mol. The minimum absolute atomic E-state index is 0.00916. The quantitative estimate of drug-likeness (QED) is 0.621. The first kappa shape index (κ1) is 17.4. The van der Waals surface area contributed by atoms with E-state index in [4.69, 9.17) is 23.4 Å². The molecular formula is C16H22N2O5. The molecule has 0 aliphatic rings. The molecule has 1 aromatic carbocycles. The lowest BCUT2D eigenvalue weighted by Gasteiger charge is -2.13. The number of methoxy groups -OCH3 is 2. The standard InChI is InChI=1S/C16H22N2O5/c1-12(10-20-3)22-14-6-4-13(5-7-14)16-18-17-15(23-16)11-21-9-8-19-2/h4-7,12H,8-11H2,1-3H3/t12-/m1/s1. The third-order valence-electron chi connectivity index (χ3n) is 2.96. The van der Waals surface area contributed by atoms with Crippen LogP contribution in [0.15, 0.2) is 28.7 Å². The first-order valence-electron chi connectivity index (χ1n) is 7.38. The Hall–Kier alpha value is -1.96. The molecule has 0 saturated heterocycles. The number of ether oxygens (including phenoxy) is 4. The van der Waals surface area contributed by atoms with Crippen LogP contribution in [0.5, 0.6) is 5.75 Å². The van der Waals surface area contributed by atoms with Gasteiger partial charge in [0.15, 0.2) is 0 Å². The summed E-state index contributed by atoms with van der Waals surface area (Å²) in [6.07, 6.45) is -0.00916. The maximum atomic E-state index is 5.70. The van der Waals surface area contributed by atoms with Crippen LogP contribution in [-0.2, 0) is 20.8 Å². The molecule has 0 unspecified atom stereocenters. The number of hydrogen-bond acceptors (Lipinski definition) is 7. The number of hydrogen-bond donors (Lipinski definition) is 0. The van der Waals surface area contributed by atoms with Crippen molar-refractivity contribution < 1.29 is 23.4 Å². The van der Waals surface area contributed by atoms with E-state index in [-0.39, 0.29) is 12.7 Å². The lowest BCUT2D eigenvalue weighted by molar-refractivity contribution is 0.0519. The van der Waals surface area contributed by atoms with E-state index >= 15 is 0 Å². The topological polar surface area (TPSA) is 75.8 Å². The number of aromatic nitrogens is 2. The molecule has 0 radical (unpaired) electrons. The van der Waals surface area contributed by atoms with Crippen molar-refractivity contribution in [1.82, 2.24) is 10.2 Å². The second kappa shape index (κ2) is 9.24. The van der Waals surface area contributed by atoms with Gasteiger partial charge in [-0.05, 0) is 31.2 Å². The molecule has 0 amide bonds. The molecule has 0 aliphatic carbocycles. The molecule has 0 saturated carbocycles. The molecule has 0 aliphatic heterocycles. The number of benzene rings is 1. The van der Waals surface area contributed by atoms with Crippen molar-refractivity contribution in [2.75, 3.05) is 34.0 Å². The fourth-order valence-corrected chi connectivity index (χ4v) is 1.91. The normalized spacial score (nSPS) is 12.3. The molecular weight excluding hydrogens is 300 g/mol. The predicted molar refractivity (Wildman–Crippen MR) is 83.2 cm³/mol. The minimum Gasteiger partial charge on any atom is -0.488 e. The maximum absolute atomic E-state index is 5.70. The summed E-state index contributed by atoms with van der Waals surface area (Å²) in [5.41, 5.74) is 0.826. The molecule has 0 fully saturated rings. The molecule has 126 valence electrons. The van der Waals surface area contributed by atoms with Crippen LogP contribution in [0.1, 0.15) is 12.8 Å². The Morgan fingerprint density at radius 2 is 1.83 bits per heavy atom. The fourth-order valence-electron chi connectivity index (χ4n) is 1.91. The van der Waals surface area contributed by atoms with E-state index in [1.165, 1.54) is 0 Å². The number of nitrogens with zero attached hydrogens (tertiary/aromatic N) is 2.